The molecular formula is C13H20BrN3OS. The van der Waals surface area contributed by atoms with Crippen molar-refractivity contribution in [2.24, 2.45) is 5.92 Å². The Hall–Kier alpha value is -0.490. The Bertz CT molecular complexity index is 455. The summed E-state index contributed by atoms with van der Waals surface area (Å²) in [5.41, 5.74) is 0.646. The lowest BCUT2D eigenvalue weighted by molar-refractivity contribution is 0.0932. The van der Waals surface area contributed by atoms with Gasteiger partial charge in [-0.3, -0.25) is 4.79 Å². The maximum absolute atomic E-state index is 12.4. The molecule has 0 bridgehead atoms. The Morgan fingerprint density at radius 1 is 1.47 bits per heavy atom. The molecule has 0 radical (unpaired) electrons. The van der Waals surface area contributed by atoms with Crippen molar-refractivity contribution < 1.29 is 4.79 Å². The molecule has 1 N–H and O–H groups in total. The van der Waals surface area contributed by atoms with E-state index in [1.54, 1.807) is 0 Å². The average molecular weight is 346 g/mol. The zero-order chi connectivity index (χ0) is 14.0. The van der Waals surface area contributed by atoms with Gasteiger partial charge in [0.15, 0.2) is 0 Å². The van der Waals surface area contributed by atoms with Crippen molar-refractivity contribution in [2.75, 3.05) is 5.33 Å². The highest BCUT2D eigenvalue weighted by atomic mass is 79.9. The molecule has 1 fully saturated rings. The summed E-state index contributed by atoms with van der Waals surface area (Å²) in [4.78, 5) is 13.1. The van der Waals surface area contributed by atoms with Gasteiger partial charge in [-0.15, -0.1) is 5.10 Å². The van der Waals surface area contributed by atoms with Gasteiger partial charge in [-0.05, 0) is 30.3 Å². The molecule has 6 heteroatoms. The summed E-state index contributed by atoms with van der Waals surface area (Å²) in [6, 6.07) is 0.279. The van der Waals surface area contributed by atoms with Crippen LogP contribution in [0.25, 0.3) is 0 Å². The Morgan fingerprint density at radius 3 is 2.84 bits per heavy atom. The van der Waals surface area contributed by atoms with E-state index in [1.807, 2.05) is 0 Å². The standard InChI is InChI=1S/C13H20BrN3OS/c1-13(2,3)11-10(19-17-16-11)12(18)15-9-6-4-5-8(9)7-14/h8-9H,4-7H2,1-3H3,(H,15,18). The lowest BCUT2D eigenvalue weighted by atomic mass is 9.91. The van der Waals surface area contributed by atoms with Crippen LogP contribution in [0.1, 0.15) is 55.4 Å². The minimum Gasteiger partial charge on any atom is -0.348 e. The first-order valence-electron chi connectivity index (χ1n) is 6.63. The lowest BCUT2D eigenvalue weighted by Gasteiger charge is -2.20. The van der Waals surface area contributed by atoms with Gasteiger partial charge in [-0.2, -0.15) is 0 Å². The van der Waals surface area contributed by atoms with E-state index >= 15 is 0 Å². The van der Waals surface area contributed by atoms with Crippen molar-refractivity contribution in [3.8, 4) is 0 Å². The van der Waals surface area contributed by atoms with Crippen molar-refractivity contribution in [2.45, 2.75) is 51.5 Å². The van der Waals surface area contributed by atoms with Crippen LogP contribution in [0.4, 0.5) is 0 Å². The normalized spacial score (nSPS) is 23.6. The number of carbonyl (C=O) groups excluding carboxylic acids is 1. The number of hydrogen-bond donors (Lipinski definition) is 1. The smallest absolute Gasteiger partial charge is 0.265 e. The number of nitrogens with zero attached hydrogens (tertiary/aromatic N) is 2. The molecular weight excluding hydrogens is 326 g/mol. The number of rotatable bonds is 3. The Morgan fingerprint density at radius 2 is 2.21 bits per heavy atom. The van der Waals surface area contributed by atoms with E-state index < -0.39 is 0 Å². The second-order valence-corrected chi connectivity index (χ2v) is 7.53. The van der Waals surface area contributed by atoms with Crippen LogP contribution in [-0.2, 0) is 5.41 Å². The highest BCUT2D eigenvalue weighted by Crippen LogP contribution is 2.29. The molecule has 106 valence electrons. The van der Waals surface area contributed by atoms with Gasteiger partial charge in [0.05, 0.1) is 5.69 Å². The molecule has 1 aliphatic rings. The molecule has 0 spiro atoms. The number of carbonyl (C=O) groups is 1. The van der Waals surface area contributed by atoms with Crippen molar-refractivity contribution in [3.63, 3.8) is 0 Å². The third-order valence-corrected chi connectivity index (χ3v) is 5.13. The predicted molar refractivity (Wildman–Crippen MR) is 81.0 cm³/mol. The lowest BCUT2D eigenvalue weighted by Crippen LogP contribution is -2.38. The Labute approximate surface area is 126 Å². The molecule has 1 aliphatic carbocycles. The minimum absolute atomic E-state index is 0.0159. The van der Waals surface area contributed by atoms with Crippen LogP contribution in [0, 0.1) is 5.92 Å². The molecule has 1 amide bonds. The van der Waals surface area contributed by atoms with Crippen molar-refractivity contribution in [3.05, 3.63) is 10.6 Å². The summed E-state index contributed by atoms with van der Waals surface area (Å²) in [5, 5.41) is 8.23. The van der Waals surface area contributed by atoms with Gasteiger partial charge >= 0.3 is 0 Å². The van der Waals surface area contributed by atoms with E-state index in [0.29, 0.717) is 10.8 Å². The fraction of sp³-hybridized carbons (Fsp3) is 0.769. The third-order valence-electron chi connectivity index (χ3n) is 3.58. The van der Waals surface area contributed by atoms with E-state index in [1.165, 1.54) is 24.4 Å². The molecule has 1 saturated carbocycles. The monoisotopic (exact) mass is 345 g/mol. The number of amides is 1. The average Bonchev–Trinajstić information content (AvgIpc) is 2.95. The minimum atomic E-state index is -0.149. The van der Waals surface area contributed by atoms with Crippen molar-refractivity contribution in [1.29, 1.82) is 0 Å². The number of hydrogen-bond acceptors (Lipinski definition) is 4. The maximum atomic E-state index is 12.4. The van der Waals surface area contributed by atoms with E-state index in [-0.39, 0.29) is 17.4 Å². The molecule has 1 aromatic heterocycles. The predicted octanol–water partition coefficient (Wildman–Crippen LogP) is 3.13. The SMILES string of the molecule is CC(C)(C)c1nnsc1C(=O)NC1CCCC1CBr. The van der Waals surface area contributed by atoms with Crippen molar-refractivity contribution in [1.82, 2.24) is 14.9 Å². The molecule has 0 saturated heterocycles. The summed E-state index contributed by atoms with van der Waals surface area (Å²) >= 11 is 4.72. The Balaban J connectivity index is 2.11. The highest BCUT2D eigenvalue weighted by molar-refractivity contribution is 9.09. The van der Waals surface area contributed by atoms with Gasteiger partial charge in [0.25, 0.3) is 5.91 Å². The topological polar surface area (TPSA) is 54.9 Å². The third kappa shape index (κ3) is 3.34. The second-order valence-electron chi connectivity index (χ2n) is 6.13. The number of alkyl halides is 1. The first-order chi connectivity index (χ1) is 8.93. The number of halogens is 1. The number of aromatic nitrogens is 2. The van der Waals surface area contributed by atoms with Gasteiger partial charge in [0, 0.05) is 16.8 Å². The van der Waals surface area contributed by atoms with Crippen LogP contribution in [0.15, 0.2) is 0 Å². The van der Waals surface area contributed by atoms with Gasteiger partial charge < -0.3 is 5.32 Å². The van der Waals surface area contributed by atoms with Crippen LogP contribution in [0.5, 0.6) is 0 Å². The first kappa shape index (κ1) is 14.9. The largest absolute Gasteiger partial charge is 0.348 e. The molecule has 1 heterocycles. The zero-order valence-electron chi connectivity index (χ0n) is 11.6. The van der Waals surface area contributed by atoms with Gasteiger partial charge in [-0.1, -0.05) is 47.6 Å². The second kappa shape index (κ2) is 5.87. The van der Waals surface area contributed by atoms with E-state index in [0.717, 1.165) is 17.4 Å². The van der Waals surface area contributed by atoms with Crippen LogP contribution >= 0.6 is 27.5 Å². The van der Waals surface area contributed by atoms with E-state index in [2.05, 4.69) is 51.6 Å². The summed E-state index contributed by atoms with van der Waals surface area (Å²) in [5.74, 6) is 0.528. The summed E-state index contributed by atoms with van der Waals surface area (Å²) in [6.07, 6.45) is 3.44. The summed E-state index contributed by atoms with van der Waals surface area (Å²) in [7, 11) is 0. The van der Waals surface area contributed by atoms with Crippen LogP contribution in [-0.4, -0.2) is 26.9 Å². The van der Waals surface area contributed by atoms with Gasteiger partial charge in [0.1, 0.15) is 4.88 Å². The first-order valence-corrected chi connectivity index (χ1v) is 8.52. The molecule has 19 heavy (non-hydrogen) atoms. The van der Waals surface area contributed by atoms with Crippen LogP contribution in [0.3, 0.4) is 0 Å². The molecule has 0 aliphatic heterocycles. The molecule has 2 rings (SSSR count). The molecule has 4 nitrogen and oxygen atoms in total. The fourth-order valence-electron chi connectivity index (χ4n) is 2.48. The quantitative estimate of drug-likeness (QED) is 0.856. The van der Waals surface area contributed by atoms with Gasteiger partial charge in [0.2, 0.25) is 0 Å². The highest BCUT2D eigenvalue weighted by Gasteiger charge is 2.31. The maximum Gasteiger partial charge on any atom is 0.265 e. The van der Waals surface area contributed by atoms with Crippen LogP contribution in [0.2, 0.25) is 0 Å². The zero-order valence-corrected chi connectivity index (χ0v) is 14.0. The van der Waals surface area contributed by atoms with E-state index in [4.69, 9.17) is 0 Å². The van der Waals surface area contributed by atoms with Gasteiger partial charge in [-0.25, -0.2) is 0 Å². The fourth-order valence-corrected chi connectivity index (χ4v) is 4.03. The van der Waals surface area contributed by atoms with Crippen molar-refractivity contribution >= 4 is 33.4 Å². The van der Waals surface area contributed by atoms with E-state index in [9.17, 15) is 4.79 Å². The molecule has 1 aromatic rings. The Kier molecular flexibility index (Phi) is 4.61. The molecule has 2 unspecified atom stereocenters. The summed E-state index contributed by atoms with van der Waals surface area (Å²) < 4.78 is 3.94. The summed E-state index contributed by atoms with van der Waals surface area (Å²) in [6.45, 7) is 6.16. The molecule has 2 atom stereocenters. The molecule has 0 aromatic carbocycles. The van der Waals surface area contributed by atoms with Crippen LogP contribution < -0.4 is 5.32 Å². The number of nitrogens with one attached hydrogen (secondary N) is 1.